The highest BCUT2D eigenvalue weighted by molar-refractivity contribution is 5.24. The normalized spacial score (nSPS) is 13.6. The maximum Gasteiger partial charge on any atom is 0.522 e. The van der Waals surface area contributed by atoms with Crippen LogP contribution >= 0.6 is 0 Å². The van der Waals surface area contributed by atoms with Gasteiger partial charge in [0.15, 0.2) is 0 Å². The van der Waals surface area contributed by atoms with Crippen LogP contribution in [0.2, 0.25) is 0 Å². The quantitative estimate of drug-likeness (QED) is 0.792. The van der Waals surface area contributed by atoms with Crippen molar-refractivity contribution in [1.29, 1.82) is 0 Å². The highest BCUT2D eigenvalue weighted by Gasteiger charge is 2.28. The fourth-order valence-electron chi connectivity index (χ4n) is 1.60. The Bertz CT molecular complexity index is 348. The molecule has 0 spiro atoms. The molecule has 0 aliphatic heterocycles. The molecule has 0 aliphatic carbocycles. The smallest absolute Gasteiger partial charge is 0.308 e. The van der Waals surface area contributed by atoms with Crippen LogP contribution in [0.5, 0.6) is 0 Å². The molecule has 5 heteroatoms. The lowest BCUT2D eigenvalue weighted by molar-refractivity contribution is -0.323. The topological polar surface area (TPSA) is 21.3 Å². The minimum atomic E-state index is -4.55. The highest BCUT2D eigenvalue weighted by atomic mass is 19.4. The predicted molar refractivity (Wildman–Crippen MR) is 64.2 cm³/mol. The summed E-state index contributed by atoms with van der Waals surface area (Å²) in [4.78, 5) is 0. The summed E-state index contributed by atoms with van der Waals surface area (Å²) in [6.07, 6.45) is -3.57. The largest absolute Gasteiger partial charge is 0.522 e. The van der Waals surface area contributed by atoms with E-state index in [1.165, 1.54) is 5.56 Å². The second kappa shape index (κ2) is 6.75. The van der Waals surface area contributed by atoms with Gasteiger partial charge in [-0.05, 0) is 24.5 Å². The van der Waals surface area contributed by atoms with Gasteiger partial charge in [-0.25, -0.2) is 0 Å². The van der Waals surface area contributed by atoms with Gasteiger partial charge >= 0.3 is 6.36 Å². The van der Waals surface area contributed by atoms with Crippen molar-refractivity contribution < 1.29 is 17.9 Å². The van der Waals surface area contributed by atoms with Gasteiger partial charge in [0.1, 0.15) is 0 Å². The second-order valence-corrected chi connectivity index (χ2v) is 4.07. The van der Waals surface area contributed by atoms with Gasteiger partial charge in [0, 0.05) is 12.6 Å². The molecule has 1 rings (SSSR count). The van der Waals surface area contributed by atoms with Gasteiger partial charge < -0.3 is 5.32 Å². The maximum atomic E-state index is 11.7. The van der Waals surface area contributed by atoms with E-state index in [0.717, 1.165) is 12.0 Å². The molecule has 0 radical (unpaired) electrons. The average molecular weight is 261 g/mol. The summed E-state index contributed by atoms with van der Waals surface area (Å²) >= 11 is 0. The lowest BCUT2D eigenvalue weighted by atomic mass is 10.1. The van der Waals surface area contributed by atoms with Gasteiger partial charge in [-0.1, -0.05) is 31.2 Å². The van der Waals surface area contributed by atoms with E-state index in [2.05, 4.69) is 17.0 Å². The van der Waals surface area contributed by atoms with Crippen LogP contribution in [0.1, 0.15) is 31.0 Å². The number of hydrogen-bond acceptors (Lipinski definition) is 2. The van der Waals surface area contributed by atoms with Gasteiger partial charge in [-0.3, -0.25) is 4.74 Å². The summed E-state index contributed by atoms with van der Waals surface area (Å²) in [6.45, 7) is 3.77. The van der Waals surface area contributed by atoms with Crippen molar-refractivity contribution in [2.45, 2.75) is 32.7 Å². The van der Waals surface area contributed by atoms with Gasteiger partial charge in [0.05, 0.1) is 6.61 Å². The Morgan fingerprint density at radius 3 is 2.33 bits per heavy atom. The molecule has 1 unspecified atom stereocenters. The van der Waals surface area contributed by atoms with Gasteiger partial charge in [-0.15, -0.1) is 13.2 Å². The van der Waals surface area contributed by atoms with Gasteiger partial charge in [0.25, 0.3) is 0 Å². The Balaban J connectivity index is 2.33. The Kier molecular flexibility index (Phi) is 5.62. The summed E-state index contributed by atoms with van der Waals surface area (Å²) in [5, 5.41) is 2.98. The standard InChI is InChI=1S/C13H18F3NO/c1-3-11-4-6-12(7-5-11)10(2)17-8-9-18-13(14,15)16/h4-7,10,17H,3,8-9H2,1-2H3. The van der Waals surface area contributed by atoms with Crippen molar-refractivity contribution in [2.75, 3.05) is 13.2 Å². The van der Waals surface area contributed by atoms with Gasteiger partial charge in [0.2, 0.25) is 0 Å². The summed E-state index contributed by atoms with van der Waals surface area (Å²) in [7, 11) is 0. The molecular formula is C13H18F3NO. The van der Waals surface area contributed by atoms with Crippen LogP contribution < -0.4 is 5.32 Å². The lowest BCUT2D eigenvalue weighted by Gasteiger charge is -2.15. The Hall–Kier alpha value is -1.07. The number of halogens is 3. The number of hydrogen-bond donors (Lipinski definition) is 1. The van der Waals surface area contributed by atoms with Crippen molar-refractivity contribution in [3.05, 3.63) is 35.4 Å². The average Bonchev–Trinajstić information content (AvgIpc) is 2.33. The SMILES string of the molecule is CCc1ccc(C(C)NCCOC(F)(F)F)cc1. The minimum absolute atomic E-state index is 0.00717. The summed E-state index contributed by atoms with van der Waals surface area (Å²) in [6, 6.07) is 8.04. The lowest BCUT2D eigenvalue weighted by Crippen LogP contribution is -2.26. The van der Waals surface area contributed by atoms with E-state index in [-0.39, 0.29) is 19.2 Å². The number of aryl methyl sites for hydroxylation is 1. The number of alkyl halides is 3. The molecule has 2 nitrogen and oxygen atoms in total. The van der Waals surface area contributed by atoms with Crippen LogP contribution in [-0.4, -0.2) is 19.5 Å². The monoisotopic (exact) mass is 261 g/mol. The number of nitrogens with one attached hydrogen (secondary N) is 1. The minimum Gasteiger partial charge on any atom is -0.308 e. The first-order valence-electron chi connectivity index (χ1n) is 5.95. The van der Waals surface area contributed by atoms with Crippen LogP contribution in [0.15, 0.2) is 24.3 Å². The van der Waals surface area contributed by atoms with Crippen LogP contribution in [0.4, 0.5) is 13.2 Å². The van der Waals surface area contributed by atoms with E-state index >= 15 is 0 Å². The molecule has 0 aliphatic rings. The van der Waals surface area contributed by atoms with E-state index < -0.39 is 6.36 Å². The van der Waals surface area contributed by atoms with Crippen molar-refractivity contribution in [2.24, 2.45) is 0 Å². The number of rotatable bonds is 6. The third-order valence-corrected chi connectivity index (χ3v) is 2.71. The molecule has 0 amide bonds. The molecule has 1 aromatic carbocycles. The molecule has 1 atom stereocenters. The third kappa shape index (κ3) is 5.51. The van der Waals surface area contributed by atoms with Crippen LogP contribution in [0.3, 0.4) is 0 Å². The fourth-order valence-corrected chi connectivity index (χ4v) is 1.60. The highest BCUT2D eigenvalue weighted by Crippen LogP contribution is 2.16. The number of ether oxygens (including phenoxy) is 1. The molecule has 0 aromatic heterocycles. The zero-order chi connectivity index (χ0) is 13.6. The first-order chi connectivity index (χ1) is 8.42. The molecule has 0 bridgehead atoms. The molecule has 0 fully saturated rings. The van der Waals surface area contributed by atoms with Crippen LogP contribution in [-0.2, 0) is 11.2 Å². The zero-order valence-electron chi connectivity index (χ0n) is 10.6. The van der Waals surface area contributed by atoms with Crippen molar-refractivity contribution >= 4 is 0 Å². The van der Waals surface area contributed by atoms with E-state index in [0.29, 0.717) is 0 Å². The Labute approximate surface area is 105 Å². The van der Waals surface area contributed by atoms with Crippen molar-refractivity contribution in [3.63, 3.8) is 0 Å². The first kappa shape index (κ1) is 15.0. The molecule has 0 saturated carbocycles. The first-order valence-corrected chi connectivity index (χ1v) is 5.95. The third-order valence-electron chi connectivity index (χ3n) is 2.71. The maximum absolute atomic E-state index is 11.7. The van der Waals surface area contributed by atoms with Crippen LogP contribution in [0.25, 0.3) is 0 Å². The molecular weight excluding hydrogens is 243 g/mol. The summed E-state index contributed by atoms with van der Waals surface area (Å²) in [5.74, 6) is 0. The van der Waals surface area contributed by atoms with Gasteiger partial charge in [-0.2, -0.15) is 0 Å². The molecule has 1 N–H and O–H groups in total. The van der Waals surface area contributed by atoms with Crippen LogP contribution in [0, 0.1) is 0 Å². The molecule has 1 aromatic rings. The molecule has 18 heavy (non-hydrogen) atoms. The summed E-state index contributed by atoms with van der Waals surface area (Å²) in [5.41, 5.74) is 2.30. The fraction of sp³-hybridized carbons (Fsp3) is 0.538. The molecule has 0 heterocycles. The van der Waals surface area contributed by atoms with E-state index in [9.17, 15) is 13.2 Å². The molecule has 102 valence electrons. The summed E-state index contributed by atoms with van der Waals surface area (Å²) < 4.78 is 38.9. The van der Waals surface area contributed by atoms with E-state index in [1.54, 1.807) is 0 Å². The number of benzene rings is 1. The van der Waals surface area contributed by atoms with E-state index in [4.69, 9.17) is 0 Å². The second-order valence-electron chi connectivity index (χ2n) is 4.07. The predicted octanol–water partition coefficient (Wildman–Crippen LogP) is 3.44. The van der Waals surface area contributed by atoms with E-state index in [1.807, 2.05) is 31.2 Å². The zero-order valence-corrected chi connectivity index (χ0v) is 10.6. The van der Waals surface area contributed by atoms with Crippen molar-refractivity contribution in [1.82, 2.24) is 5.32 Å². The van der Waals surface area contributed by atoms with Crippen molar-refractivity contribution in [3.8, 4) is 0 Å². The Morgan fingerprint density at radius 2 is 1.83 bits per heavy atom. The molecule has 0 saturated heterocycles. The Morgan fingerprint density at radius 1 is 1.22 bits per heavy atom.